The number of nitrogens with zero attached hydrogens (tertiary/aromatic N) is 3. The lowest BCUT2D eigenvalue weighted by atomic mass is 9.81. The summed E-state index contributed by atoms with van der Waals surface area (Å²) in [6.07, 6.45) is 7.16. The Kier molecular flexibility index (Phi) is 6.60. The molecule has 10 nitrogen and oxygen atoms in total. The summed E-state index contributed by atoms with van der Waals surface area (Å²) in [5.41, 5.74) is 3.20. The van der Waals surface area contributed by atoms with Crippen LogP contribution in [0.1, 0.15) is 73.1 Å². The number of pyridine rings is 1. The topological polar surface area (TPSA) is 142 Å². The Morgan fingerprint density at radius 3 is 2.51 bits per heavy atom. The number of primary amides is 1. The Labute approximate surface area is 267 Å². The number of carbonyl (C=O) groups excluding carboxylic acids is 2. The van der Waals surface area contributed by atoms with Gasteiger partial charge in [-0.05, 0) is 75.6 Å². The van der Waals surface area contributed by atoms with Crippen molar-refractivity contribution in [2.24, 2.45) is 11.7 Å². The van der Waals surface area contributed by atoms with Crippen LogP contribution in [-0.2, 0) is 15.8 Å². The summed E-state index contributed by atoms with van der Waals surface area (Å²) in [4.78, 5) is 30.8. The van der Waals surface area contributed by atoms with Crippen molar-refractivity contribution >= 4 is 22.7 Å². The number of aliphatic hydroxyl groups is 1. The van der Waals surface area contributed by atoms with Crippen molar-refractivity contribution in [3.8, 4) is 22.8 Å². The predicted octanol–water partition coefficient (Wildman–Crippen LogP) is 4.55. The predicted molar refractivity (Wildman–Crippen MR) is 162 cm³/mol. The van der Waals surface area contributed by atoms with E-state index in [0.717, 1.165) is 31.1 Å². The Morgan fingerprint density at radius 2 is 1.83 bits per heavy atom. The summed E-state index contributed by atoms with van der Waals surface area (Å²) in [7, 11) is 0. The molecule has 1 aliphatic heterocycles. The van der Waals surface area contributed by atoms with Crippen LogP contribution >= 0.6 is 0 Å². The molecule has 3 fully saturated rings. The zero-order chi connectivity index (χ0) is 32.8. The molecule has 2 aromatic carbocycles. The molecule has 244 valence electrons. The van der Waals surface area contributed by atoms with E-state index in [0.29, 0.717) is 47.8 Å². The number of hydrogen-bond donors (Lipinski definition) is 3. The minimum Gasteiger partial charge on any atom is -0.489 e. The van der Waals surface area contributed by atoms with Crippen LogP contribution in [0.2, 0.25) is 0 Å². The van der Waals surface area contributed by atoms with Crippen LogP contribution in [0.4, 0.5) is 13.2 Å². The summed E-state index contributed by atoms with van der Waals surface area (Å²) in [5.74, 6) is -4.86. The van der Waals surface area contributed by atoms with Gasteiger partial charge in [-0.2, -0.15) is 5.10 Å². The number of nitrogens with one attached hydrogen (secondary N) is 1. The number of amides is 2. The fourth-order valence-electron chi connectivity index (χ4n) is 6.25. The molecule has 0 spiro atoms. The SMILES string of the molecule is C[C@]1(C(N)=O)COc2c1cc([C@@](O)(CNC(=O)c1cc(OC3CC3)c3nn(C4CC4)cc3c1)C1CC1)nc2-c1cc(F)c(F)cc1F. The van der Waals surface area contributed by atoms with Gasteiger partial charge in [-0.25, -0.2) is 18.2 Å². The summed E-state index contributed by atoms with van der Waals surface area (Å²) >= 11 is 0. The fourth-order valence-corrected chi connectivity index (χ4v) is 6.25. The number of benzene rings is 2. The van der Waals surface area contributed by atoms with Crippen molar-refractivity contribution in [1.82, 2.24) is 20.1 Å². The monoisotopic (exact) mass is 647 g/mol. The Morgan fingerprint density at radius 1 is 1.09 bits per heavy atom. The molecule has 47 heavy (non-hydrogen) atoms. The van der Waals surface area contributed by atoms with E-state index in [1.165, 1.54) is 13.0 Å². The number of carbonyl (C=O) groups is 2. The molecule has 0 bridgehead atoms. The average molecular weight is 648 g/mol. The van der Waals surface area contributed by atoms with Crippen LogP contribution in [-0.4, -0.2) is 50.9 Å². The maximum Gasteiger partial charge on any atom is 0.251 e. The summed E-state index contributed by atoms with van der Waals surface area (Å²) in [5, 5.41) is 20.5. The van der Waals surface area contributed by atoms with E-state index < -0.39 is 45.8 Å². The molecular weight excluding hydrogens is 615 g/mol. The van der Waals surface area contributed by atoms with Gasteiger partial charge in [0, 0.05) is 34.3 Å². The van der Waals surface area contributed by atoms with Gasteiger partial charge in [0.05, 0.1) is 24.4 Å². The molecule has 2 amide bonds. The maximum atomic E-state index is 15.1. The van der Waals surface area contributed by atoms with Crippen molar-refractivity contribution < 1.29 is 37.3 Å². The van der Waals surface area contributed by atoms with Crippen LogP contribution in [0, 0.1) is 23.4 Å². The highest BCUT2D eigenvalue weighted by Gasteiger charge is 2.50. The number of aromatic nitrogens is 3. The first-order valence-corrected chi connectivity index (χ1v) is 15.8. The van der Waals surface area contributed by atoms with E-state index in [1.807, 2.05) is 10.9 Å². The summed E-state index contributed by atoms with van der Waals surface area (Å²) in [6, 6.07) is 6.25. The van der Waals surface area contributed by atoms with E-state index in [-0.39, 0.29) is 47.9 Å². The fraction of sp³-hybridized carbons (Fsp3) is 0.412. The van der Waals surface area contributed by atoms with Gasteiger partial charge in [-0.15, -0.1) is 0 Å². The second-order valence-corrected chi connectivity index (χ2v) is 13.4. The van der Waals surface area contributed by atoms with Crippen LogP contribution in [0.25, 0.3) is 22.2 Å². The van der Waals surface area contributed by atoms with Crippen molar-refractivity contribution in [3.05, 3.63) is 70.8 Å². The molecule has 0 saturated heterocycles. The zero-order valence-corrected chi connectivity index (χ0v) is 25.5. The number of fused-ring (bicyclic) bond motifs is 2. The quantitative estimate of drug-likeness (QED) is 0.215. The molecular formula is C34H32F3N5O5. The van der Waals surface area contributed by atoms with Crippen LogP contribution in [0.15, 0.2) is 36.5 Å². The molecule has 2 aromatic heterocycles. The Balaban J connectivity index is 1.17. The third kappa shape index (κ3) is 5.07. The number of halogens is 3. The van der Waals surface area contributed by atoms with E-state index in [4.69, 9.17) is 20.3 Å². The lowest BCUT2D eigenvalue weighted by Gasteiger charge is -2.30. The normalized spacial score (nSPS) is 21.6. The van der Waals surface area contributed by atoms with Gasteiger partial charge in [0.1, 0.15) is 46.1 Å². The van der Waals surface area contributed by atoms with Gasteiger partial charge in [0.2, 0.25) is 5.91 Å². The number of nitrogens with two attached hydrogens (primary N) is 1. The van der Waals surface area contributed by atoms with E-state index in [1.54, 1.807) is 12.1 Å². The molecule has 4 aliphatic rings. The second kappa shape index (κ2) is 10.4. The lowest BCUT2D eigenvalue weighted by Crippen LogP contribution is -2.44. The number of ether oxygens (including phenoxy) is 2. The minimum atomic E-state index is -1.77. The molecule has 4 aromatic rings. The van der Waals surface area contributed by atoms with E-state index in [9.17, 15) is 23.5 Å². The first kappa shape index (κ1) is 29.7. The average Bonchev–Trinajstić information content (AvgIpc) is 3.92. The highest BCUT2D eigenvalue weighted by atomic mass is 19.2. The molecule has 3 saturated carbocycles. The number of hydrogen-bond acceptors (Lipinski definition) is 7. The maximum absolute atomic E-state index is 15.1. The largest absolute Gasteiger partial charge is 0.489 e. The van der Waals surface area contributed by atoms with Crippen molar-refractivity contribution in [2.75, 3.05) is 13.2 Å². The Hall–Kier alpha value is -4.65. The molecule has 8 rings (SSSR count). The number of rotatable bonds is 10. The highest BCUT2D eigenvalue weighted by molar-refractivity contribution is 6.00. The first-order chi connectivity index (χ1) is 22.4. The van der Waals surface area contributed by atoms with Crippen molar-refractivity contribution in [3.63, 3.8) is 0 Å². The van der Waals surface area contributed by atoms with Gasteiger partial charge in [0.15, 0.2) is 11.6 Å². The third-order valence-electron chi connectivity index (χ3n) is 9.69. The van der Waals surface area contributed by atoms with E-state index in [2.05, 4.69) is 10.3 Å². The highest BCUT2D eigenvalue weighted by Crippen LogP contribution is 2.50. The van der Waals surface area contributed by atoms with Crippen LogP contribution < -0.4 is 20.5 Å². The summed E-state index contributed by atoms with van der Waals surface area (Å²) in [6.45, 7) is 1.05. The van der Waals surface area contributed by atoms with Gasteiger partial charge in [0.25, 0.3) is 5.91 Å². The van der Waals surface area contributed by atoms with E-state index >= 15 is 4.39 Å². The van der Waals surface area contributed by atoms with Gasteiger partial charge in [-0.1, -0.05) is 0 Å². The second-order valence-electron chi connectivity index (χ2n) is 13.4. The zero-order valence-electron chi connectivity index (χ0n) is 25.5. The smallest absolute Gasteiger partial charge is 0.251 e. The van der Waals surface area contributed by atoms with Gasteiger partial charge in [-0.3, -0.25) is 14.3 Å². The molecule has 3 heterocycles. The molecule has 3 aliphatic carbocycles. The lowest BCUT2D eigenvalue weighted by molar-refractivity contribution is -0.123. The molecule has 13 heteroatoms. The van der Waals surface area contributed by atoms with Gasteiger partial charge < -0.3 is 25.6 Å². The minimum absolute atomic E-state index is 0.00933. The third-order valence-corrected chi connectivity index (χ3v) is 9.69. The molecule has 2 atom stereocenters. The van der Waals surface area contributed by atoms with Gasteiger partial charge >= 0.3 is 0 Å². The van der Waals surface area contributed by atoms with Crippen LogP contribution in [0.5, 0.6) is 11.5 Å². The Bertz CT molecular complexity index is 1990. The van der Waals surface area contributed by atoms with Crippen molar-refractivity contribution in [2.45, 2.75) is 68.6 Å². The molecule has 0 radical (unpaired) electrons. The van der Waals surface area contributed by atoms with Crippen LogP contribution in [0.3, 0.4) is 0 Å². The molecule has 4 N–H and O–H groups in total. The first-order valence-electron chi connectivity index (χ1n) is 15.8. The van der Waals surface area contributed by atoms with Crippen molar-refractivity contribution in [1.29, 1.82) is 0 Å². The standard InChI is InChI=1S/C34H32F3N5O5/c1-33(32(38)44)15-46-30-22(33)11-27(40-29(30)21-10-24(36)25(37)12-23(21)35)34(45,18-2-3-18)14-39-31(43)16-8-17-13-42(19-4-5-19)41-28(17)26(9-16)47-20-6-7-20/h8-13,18-20,45H,2-7,14-15H2,1H3,(H2,38,44)(H,39,43)/t33-,34+/m0/s1. The molecule has 0 unspecified atom stereocenters. The summed E-state index contributed by atoms with van der Waals surface area (Å²) < 4.78 is 57.2.